The maximum absolute atomic E-state index is 13.7. The molecule has 0 radical (unpaired) electrons. The molecule has 1 heterocycles. The van der Waals surface area contributed by atoms with Crippen LogP contribution in [-0.2, 0) is 14.3 Å². The third kappa shape index (κ3) is 3.85. The fourth-order valence-corrected chi connectivity index (χ4v) is 1.71. The van der Waals surface area contributed by atoms with Crippen LogP contribution < -0.4 is 0 Å². The van der Waals surface area contributed by atoms with Crippen molar-refractivity contribution >= 4 is 12.1 Å². The van der Waals surface area contributed by atoms with E-state index in [0.717, 1.165) is 0 Å². The Morgan fingerprint density at radius 1 is 1.33 bits per heavy atom. The van der Waals surface area contributed by atoms with Crippen molar-refractivity contribution in [2.45, 2.75) is 39.5 Å². The Labute approximate surface area is 106 Å². The Kier molecular flexibility index (Phi) is 4.53. The number of nitrogens with zero attached hydrogens (tertiary/aromatic N) is 1. The maximum Gasteiger partial charge on any atom is 0.410 e. The first-order chi connectivity index (χ1) is 8.24. The molecule has 0 spiro atoms. The van der Waals surface area contributed by atoms with Crippen molar-refractivity contribution < 1.29 is 23.5 Å². The second-order valence-electron chi connectivity index (χ2n) is 5.26. The number of amides is 1. The summed E-state index contributed by atoms with van der Waals surface area (Å²) < 4.78 is 23.5. The van der Waals surface area contributed by atoms with Crippen LogP contribution in [0.2, 0.25) is 0 Å². The minimum atomic E-state index is -1.39. The summed E-state index contributed by atoms with van der Waals surface area (Å²) in [7, 11) is 0. The molecule has 2 unspecified atom stereocenters. The molecule has 5 nitrogen and oxygen atoms in total. The summed E-state index contributed by atoms with van der Waals surface area (Å²) in [5.74, 6) is -1.51. The molecular formula is C12H20FNO4. The van der Waals surface area contributed by atoms with Crippen LogP contribution in [0, 0.1) is 5.92 Å². The quantitative estimate of drug-likeness (QED) is 0.711. The molecule has 2 atom stereocenters. The van der Waals surface area contributed by atoms with Crippen molar-refractivity contribution in [1.82, 2.24) is 4.90 Å². The Bertz CT molecular complexity index is 327. The van der Waals surface area contributed by atoms with Crippen LogP contribution >= 0.6 is 0 Å². The first kappa shape index (κ1) is 14.7. The number of ether oxygens (including phenoxy) is 2. The third-order valence-corrected chi connectivity index (χ3v) is 2.49. The van der Waals surface area contributed by atoms with E-state index in [1.165, 1.54) is 4.90 Å². The standard InChI is InChI=1S/C12H20FNO4/c1-5-17-10(15)8-6-14(7-9(8)13)11(16)18-12(2,3)4/h8-9H,5-7H2,1-4H3. The smallest absolute Gasteiger partial charge is 0.410 e. The zero-order valence-electron chi connectivity index (χ0n) is 11.2. The number of carbonyl (C=O) groups is 2. The first-order valence-electron chi connectivity index (χ1n) is 6.03. The SMILES string of the molecule is CCOC(=O)C1CN(C(=O)OC(C)(C)C)CC1F. The summed E-state index contributed by atoms with van der Waals surface area (Å²) in [5.41, 5.74) is -0.634. The molecule has 1 rings (SSSR count). The van der Waals surface area contributed by atoms with Gasteiger partial charge in [-0.15, -0.1) is 0 Å². The predicted molar refractivity (Wildman–Crippen MR) is 62.8 cm³/mol. The van der Waals surface area contributed by atoms with Gasteiger partial charge in [0.1, 0.15) is 17.7 Å². The van der Waals surface area contributed by atoms with Crippen molar-refractivity contribution in [3.05, 3.63) is 0 Å². The molecule has 6 heteroatoms. The molecule has 0 N–H and O–H groups in total. The average Bonchev–Trinajstić information content (AvgIpc) is 2.58. The lowest BCUT2D eigenvalue weighted by atomic mass is 10.1. The topological polar surface area (TPSA) is 55.8 Å². The van der Waals surface area contributed by atoms with Crippen molar-refractivity contribution in [2.75, 3.05) is 19.7 Å². The monoisotopic (exact) mass is 261 g/mol. The molecule has 1 aliphatic rings. The van der Waals surface area contributed by atoms with Gasteiger partial charge in [0.2, 0.25) is 0 Å². The van der Waals surface area contributed by atoms with Crippen LogP contribution in [0.5, 0.6) is 0 Å². The van der Waals surface area contributed by atoms with E-state index in [-0.39, 0.29) is 19.7 Å². The van der Waals surface area contributed by atoms with Gasteiger partial charge >= 0.3 is 12.1 Å². The summed E-state index contributed by atoms with van der Waals surface area (Å²) in [6.07, 6.45) is -1.99. The van der Waals surface area contributed by atoms with Gasteiger partial charge in [-0.25, -0.2) is 9.18 Å². The second kappa shape index (κ2) is 5.54. The number of halogens is 1. The number of esters is 1. The Morgan fingerprint density at radius 2 is 1.94 bits per heavy atom. The zero-order chi connectivity index (χ0) is 13.9. The molecule has 0 bridgehead atoms. The van der Waals surface area contributed by atoms with Gasteiger partial charge in [0.25, 0.3) is 0 Å². The van der Waals surface area contributed by atoms with Crippen LogP contribution in [-0.4, -0.2) is 48.4 Å². The van der Waals surface area contributed by atoms with Crippen molar-refractivity contribution in [3.8, 4) is 0 Å². The van der Waals surface area contributed by atoms with Crippen LogP contribution in [0.1, 0.15) is 27.7 Å². The molecule has 1 saturated heterocycles. The molecular weight excluding hydrogens is 241 g/mol. The summed E-state index contributed by atoms with van der Waals surface area (Å²) in [6.45, 7) is 6.94. The van der Waals surface area contributed by atoms with Gasteiger partial charge in [-0.3, -0.25) is 4.79 Å². The normalized spacial score (nSPS) is 23.9. The van der Waals surface area contributed by atoms with E-state index in [2.05, 4.69) is 0 Å². The van der Waals surface area contributed by atoms with E-state index in [1.807, 2.05) is 0 Å². The number of hydrogen-bond donors (Lipinski definition) is 0. The summed E-state index contributed by atoms with van der Waals surface area (Å²) in [6, 6.07) is 0. The van der Waals surface area contributed by atoms with Gasteiger partial charge < -0.3 is 14.4 Å². The highest BCUT2D eigenvalue weighted by Gasteiger charge is 2.42. The molecule has 1 aliphatic heterocycles. The van der Waals surface area contributed by atoms with E-state index in [9.17, 15) is 14.0 Å². The highest BCUT2D eigenvalue weighted by atomic mass is 19.1. The fraction of sp³-hybridized carbons (Fsp3) is 0.833. The van der Waals surface area contributed by atoms with Gasteiger partial charge in [-0.05, 0) is 27.7 Å². The second-order valence-corrected chi connectivity index (χ2v) is 5.26. The van der Waals surface area contributed by atoms with Gasteiger partial charge in [0.15, 0.2) is 0 Å². The highest BCUT2D eigenvalue weighted by Crippen LogP contribution is 2.23. The van der Waals surface area contributed by atoms with E-state index in [4.69, 9.17) is 9.47 Å². The van der Waals surface area contributed by atoms with Crippen LogP contribution in [0.15, 0.2) is 0 Å². The van der Waals surface area contributed by atoms with Crippen molar-refractivity contribution in [1.29, 1.82) is 0 Å². The van der Waals surface area contributed by atoms with E-state index < -0.39 is 29.8 Å². The Morgan fingerprint density at radius 3 is 2.44 bits per heavy atom. The van der Waals surface area contributed by atoms with Crippen molar-refractivity contribution in [2.24, 2.45) is 5.92 Å². The van der Waals surface area contributed by atoms with Gasteiger partial charge in [0, 0.05) is 6.54 Å². The van der Waals surface area contributed by atoms with Crippen LogP contribution in [0.4, 0.5) is 9.18 Å². The molecule has 104 valence electrons. The van der Waals surface area contributed by atoms with Crippen LogP contribution in [0.25, 0.3) is 0 Å². The molecule has 18 heavy (non-hydrogen) atoms. The first-order valence-corrected chi connectivity index (χ1v) is 6.03. The molecule has 0 saturated carbocycles. The lowest BCUT2D eigenvalue weighted by molar-refractivity contribution is -0.149. The number of likely N-dealkylation sites (tertiary alicyclic amines) is 1. The number of hydrogen-bond acceptors (Lipinski definition) is 4. The summed E-state index contributed by atoms with van der Waals surface area (Å²) >= 11 is 0. The largest absolute Gasteiger partial charge is 0.466 e. The lowest BCUT2D eigenvalue weighted by Crippen LogP contribution is -2.36. The molecule has 1 fully saturated rings. The molecule has 1 amide bonds. The maximum atomic E-state index is 13.7. The highest BCUT2D eigenvalue weighted by molar-refractivity contribution is 5.76. The predicted octanol–water partition coefficient (Wildman–Crippen LogP) is 1.75. The molecule has 0 aliphatic carbocycles. The molecule has 0 aromatic rings. The van der Waals surface area contributed by atoms with Gasteiger partial charge in [-0.1, -0.05) is 0 Å². The third-order valence-electron chi connectivity index (χ3n) is 2.49. The minimum absolute atomic E-state index is 0.00884. The molecule has 0 aromatic carbocycles. The van der Waals surface area contributed by atoms with Gasteiger partial charge in [0.05, 0.1) is 13.2 Å². The van der Waals surface area contributed by atoms with E-state index in [0.29, 0.717) is 0 Å². The Balaban J connectivity index is 2.58. The minimum Gasteiger partial charge on any atom is -0.466 e. The zero-order valence-corrected chi connectivity index (χ0v) is 11.2. The number of rotatable bonds is 2. The lowest BCUT2D eigenvalue weighted by Gasteiger charge is -2.24. The van der Waals surface area contributed by atoms with Crippen LogP contribution in [0.3, 0.4) is 0 Å². The van der Waals surface area contributed by atoms with E-state index in [1.54, 1.807) is 27.7 Å². The summed E-state index contributed by atoms with van der Waals surface area (Å²) in [5, 5.41) is 0. The number of carbonyl (C=O) groups excluding carboxylic acids is 2. The average molecular weight is 261 g/mol. The van der Waals surface area contributed by atoms with E-state index >= 15 is 0 Å². The fourth-order valence-electron chi connectivity index (χ4n) is 1.71. The Hall–Kier alpha value is -1.33. The molecule has 0 aromatic heterocycles. The number of alkyl halides is 1. The summed E-state index contributed by atoms with van der Waals surface area (Å²) in [4.78, 5) is 24.4. The van der Waals surface area contributed by atoms with Gasteiger partial charge in [-0.2, -0.15) is 0 Å². The van der Waals surface area contributed by atoms with Crippen molar-refractivity contribution in [3.63, 3.8) is 0 Å².